The topological polar surface area (TPSA) is 54.8 Å². The Labute approximate surface area is 130 Å². The lowest BCUT2D eigenvalue weighted by Crippen LogP contribution is -3.13. The van der Waals surface area contributed by atoms with E-state index in [1.165, 1.54) is 0 Å². The number of likely N-dealkylation sites (tertiary alicyclic amines) is 1. The third-order valence-electron chi connectivity index (χ3n) is 3.94. The van der Waals surface area contributed by atoms with Crippen LogP contribution in [0.25, 0.3) is 0 Å². The normalized spacial score (nSPS) is 21.7. The van der Waals surface area contributed by atoms with Gasteiger partial charge < -0.3 is 20.3 Å². The van der Waals surface area contributed by atoms with Crippen LogP contribution in [0.4, 0.5) is 10.5 Å². The Balaban J connectivity index is 1.89. The molecule has 1 fully saturated rings. The summed E-state index contributed by atoms with van der Waals surface area (Å²) >= 11 is 5.95. The molecule has 1 saturated heterocycles. The van der Waals surface area contributed by atoms with Gasteiger partial charge in [-0.2, -0.15) is 0 Å². The van der Waals surface area contributed by atoms with Gasteiger partial charge in [-0.15, -0.1) is 0 Å². The molecule has 2 rings (SSSR count). The summed E-state index contributed by atoms with van der Waals surface area (Å²) in [6, 6.07) is 5.18. The lowest BCUT2D eigenvalue weighted by Gasteiger charge is -2.29. The fraction of sp³-hybridized carbons (Fsp3) is 0.533. The molecule has 2 amide bonds. The second kappa shape index (κ2) is 7.52. The number of quaternary nitrogens is 1. The monoisotopic (exact) mass is 312 g/mol. The van der Waals surface area contributed by atoms with Crippen LogP contribution in [0, 0.1) is 0 Å². The summed E-state index contributed by atoms with van der Waals surface area (Å²) < 4.78 is 5.22. The molecule has 1 aliphatic rings. The van der Waals surface area contributed by atoms with Gasteiger partial charge in [0.05, 0.1) is 32.4 Å². The van der Waals surface area contributed by atoms with E-state index in [9.17, 15) is 4.79 Å². The number of ether oxygens (including phenoxy) is 1. The number of urea groups is 1. The first-order valence-electron chi connectivity index (χ1n) is 7.37. The Kier molecular flexibility index (Phi) is 5.70. The van der Waals surface area contributed by atoms with Gasteiger partial charge in [0, 0.05) is 23.9 Å². The van der Waals surface area contributed by atoms with Gasteiger partial charge in [0.15, 0.2) is 0 Å². The summed E-state index contributed by atoms with van der Waals surface area (Å²) in [6.07, 6.45) is 2.03. The minimum Gasteiger partial charge on any atom is -0.495 e. The van der Waals surface area contributed by atoms with Crippen molar-refractivity contribution in [2.75, 3.05) is 32.1 Å². The van der Waals surface area contributed by atoms with E-state index in [0.717, 1.165) is 32.5 Å². The highest BCUT2D eigenvalue weighted by Gasteiger charge is 2.22. The van der Waals surface area contributed by atoms with Gasteiger partial charge in [-0.1, -0.05) is 11.6 Å². The second-order valence-corrected chi connectivity index (χ2v) is 5.76. The van der Waals surface area contributed by atoms with Gasteiger partial charge in [0.25, 0.3) is 0 Å². The van der Waals surface area contributed by atoms with E-state index in [4.69, 9.17) is 16.3 Å². The highest BCUT2D eigenvalue weighted by atomic mass is 35.5. The van der Waals surface area contributed by atoms with E-state index in [0.29, 0.717) is 16.5 Å². The lowest BCUT2D eigenvalue weighted by atomic mass is 10.1. The predicted octanol–water partition coefficient (Wildman–Crippen LogP) is 1.54. The van der Waals surface area contributed by atoms with E-state index in [1.807, 2.05) is 0 Å². The number of rotatable bonds is 4. The maximum atomic E-state index is 12.1. The van der Waals surface area contributed by atoms with Crippen molar-refractivity contribution in [3.63, 3.8) is 0 Å². The van der Waals surface area contributed by atoms with Crippen LogP contribution in [0.5, 0.6) is 5.75 Å². The first kappa shape index (κ1) is 15.9. The maximum Gasteiger partial charge on any atom is 0.319 e. The van der Waals surface area contributed by atoms with Crippen LogP contribution in [-0.2, 0) is 0 Å². The summed E-state index contributed by atoms with van der Waals surface area (Å²) in [7, 11) is 1.57. The van der Waals surface area contributed by atoms with Crippen molar-refractivity contribution in [1.82, 2.24) is 5.32 Å². The molecule has 0 aliphatic carbocycles. The van der Waals surface area contributed by atoms with Gasteiger partial charge in [0.2, 0.25) is 0 Å². The van der Waals surface area contributed by atoms with Gasteiger partial charge >= 0.3 is 6.03 Å². The van der Waals surface area contributed by atoms with Gasteiger partial charge in [-0.25, -0.2) is 4.79 Å². The van der Waals surface area contributed by atoms with Crippen molar-refractivity contribution in [2.24, 2.45) is 0 Å². The molecular formula is C15H23ClN3O2+. The smallest absolute Gasteiger partial charge is 0.319 e. The Morgan fingerprint density at radius 1 is 1.43 bits per heavy atom. The maximum absolute atomic E-state index is 12.1. The standard InChI is InChI=1S/C15H22ClN3O2/c1-3-19-8-6-12(7-9-19)17-15(20)18-13-10-11(16)4-5-14(13)21-2/h4-5,10,12H,3,6-9H2,1-2H3,(H2,17,18,20)/p+1. The molecule has 1 aliphatic heterocycles. The van der Waals surface area contributed by atoms with E-state index >= 15 is 0 Å². The number of hydrogen-bond donors (Lipinski definition) is 3. The first-order valence-corrected chi connectivity index (χ1v) is 7.74. The van der Waals surface area contributed by atoms with Crippen LogP contribution in [0.15, 0.2) is 18.2 Å². The van der Waals surface area contributed by atoms with E-state index in [1.54, 1.807) is 30.2 Å². The van der Waals surface area contributed by atoms with E-state index in [-0.39, 0.29) is 12.1 Å². The molecule has 0 radical (unpaired) electrons. The highest BCUT2D eigenvalue weighted by Crippen LogP contribution is 2.27. The third kappa shape index (κ3) is 4.51. The number of carbonyl (C=O) groups is 1. The fourth-order valence-electron chi connectivity index (χ4n) is 2.65. The third-order valence-corrected chi connectivity index (χ3v) is 4.17. The number of nitrogens with one attached hydrogen (secondary N) is 3. The Hall–Kier alpha value is -1.46. The molecule has 0 unspecified atom stereocenters. The van der Waals surface area contributed by atoms with Crippen LogP contribution < -0.4 is 20.3 Å². The summed E-state index contributed by atoms with van der Waals surface area (Å²) in [5.41, 5.74) is 0.583. The molecule has 0 aromatic heterocycles. The number of carbonyl (C=O) groups excluding carboxylic acids is 1. The van der Waals surface area contributed by atoms with Crippen molar-refractivity contribution in [1.29, 1.82) is 0 Å². The molecule has 1 heterocycles. The molecule has 1 aromatic carbocycles. The number of benzene rings is 1. The number of halogens is 1. The summed E-state index contributed by atoms with van der Waals surface area (Å²) in [4.78, 5) is 13.7. The fourth-order valence-corrected chi connectivity index (χ4v) is 2.82. The van der Waals surface area contributed by atoms with Crippen molar-refractivity contribution >= 4 is 23.3 Å². The number of amides is 2. The second-order valence-electron chi connectivity index (χ2n) is 5.32. The van der Waals surface area contributed by atoms with Crippen molar-refractivity contribution in [3.8, 4) is 5.75 Å². The summed E-state index contributed by atoms with van der Waals surface area (Å²) in [5, 5.41) is 6.39. The molecule has 1 aromatic rings. The summed E-state index contributed by atoms with van der Waals surface area (Å²) in [6.45, 7) is 5.57. The average molecular weight is 313 g/mol. The molecule has 116 valence electrons. The zero-order chi connectivity index (χ0) is 15.2. The van der Waals surface area contributed by atoms with Crippen LogP contribution in [-0.4, -0.2) is 38.8 Å². The molecular weight excluding hydrogens is 290 g/mol. The zero-order valence-corrected chi connectivity index (χ0v) is 13.3. The minimum atomic E-state index is -0.208. The average Bonchev–Trinajstić information content (AvgIpc) is 2.48. The molecule has 6 heteroatoms. The van der Waals surface area contributed by atoms with Crippen LogP contribution in [0.2, 0.25) is 5.02 Å². The predicted molar refractivity (Wildman–Crippen MR) is 84.4 cm³/mol. The zero-order valence-electron chi connectivity index (χ0n) is 12.5. The lowest BCUT2D eigenvalue weighted by molar-refractivity contribution is -0.903. The molecule has 0 saturated carbocycles. The number of anilines is 1. The van der Waals surface area contributed by atoms with Crippen LogP contribution >= 0.6 is 11.6 Å². The van der Waals surface area contributed by atoms with Crippen molar-refractivity contribution in [3.05, 3.63) is 23.2 Å². The SMILES string of the molecule is CC[NH+]1CCC(NC(=O)Nc2cc(Cl)ccc2OC)CC1. The van der Waals surface area contributed by atoms with E-state index < -0.39 is 0 Å². The van der Waals surface area contributed by atoms with Gasteiger partial charge in [-0.3, -0.25) is 0 Å². The van der Waals surface area contributed by atoms with Crippen molar-refractivity contribution in [2.45, 2.75) is 25.8 Å². The highest BCUT2D eigenvalue weighted by molar-refractivity contribution is 6.31. The van der Waals surface area contributed by atoms with Crippen LogP contribution in [0.3, 0.4) is 0 Å². The molecule has 0 spiro atoms. The molecule has 0 bridgehead atoms. The quantitative estimate of drug-likeness (QED) is 0.790. The van der Waals surface area contributed by atoms with Gasteiger partial charge in [-0.05, 0) is 25.1 Å². The Bertz CT molecular complexity index is 488. The van der Waals surface area contributed by atoms with Crippen LogP contribution in [0.1, 0.15) is 19.8 Å². The summed E-state index contributed by atoms with van der Waals surface area (Å²) in [5.74, 6) is 0.597. The molecule has 0 atom stereocenters. The largest absolute Gasteiger partial charge is 0.495 e. The molecule has 3 N–H and O–H groups in total. The van der Waals surface area contributed by atoms with Crippen molar-refractivity contribution < 1.29 is 14.4 Å². The molecule has 5 nitrogen and oxygen atoms in total. The first-order chi connectivity index (χ1) is 10.1. The Morgan fingerprint density at radius 2 is 2.14 bits per heavy atom. The van der Waals surface area contributed by atoms with Gasteiger partial charge in [0.1, 0.15) is 5.75 Å². The number of piperidine rings is 1. The van der Waals surface area contributed by atoms with E-state index in [2.05, 4.69) is 17.6 Å². The number of methoxy groups -OCH3 is 1. The molecule has 21 heavy (non-hydrogen) atoms. The Morgan fingerprint density at radius 3 is 2.76 bits per heavy atom. The number of hydrogen-bond acceptors (Lipinski definition) is 2. The minimum absolute atomic E-state index is 0.208.